The predicted molar refractivity (Wildman–Crippen MR) is 145 cm³/mol. The zero-order chi connectivity index (χ0) is 26.2. The number of tetrazole rings is 1. The molecule has 2 aliphatic heterocycles. The monoisotopic (exact) mass is 523 g/mol. The van der Waals surface area contributed by atoms with Crippen LogP contribution in [0.5, 0.6) is 11.5 Å². The number of nitrogens with zero attached hydrogens (tertiary/aromatic N) is 6. The zero-order valence-electron chi connectivity index (χ0n) is 21.4. The number of H-pyrrole nitrogens is 1. The van der Waals surface area contributed by atoms with E-state index in [2.05, 4.69) is 49.7 Å². The smallest absolute Gasteiger partial charge is 0.326 e. The van der Waals surface area contributed by atoms with Crippen LogP contribution in [-0.2, 0) is 6.42 Å². The molecule has 10 heteroatoms. The summed E-state index contributed by atoms with van der Waals surface area (Å²) < 4.78 is 15.3. The van der Waals surface area contributed by atoms with Crippen molar-refractivity contribution in [2.45, 2.75) is 31.3 Å². The van der Waals surface area contributed by atoms with Crippen LogP contribution < -0.4 is 15.2 Å². The summed E-state index contributed by atoms with van der Waals surface area (Å²) in [5.74, 6) is 2.21. The first kappa shape index (κ1) is 23.7. The molecule has 0 saturated carbocycles. The Bertz CT molecular complexity index is 1650. The molecule has 0 radical (unpaired) electrons. The van der Waals surface area contributed by atoms with Gasteiger partial charge in [0.05, 0.1) is 22.8 Å². The van der Waals surface area contributed by atoms with Gasteiger partial charge in [0.2, 0.25) is 0 Å². The Balaban J connectivity index is 1.19. The number of aromatic amines is 1. The molecule has 1 N–H and O–H groups in total. The van der Waals surface area contributed by atoms with E-state index in [1.165, 1.54) is 5.56 Å². The molecular formula is C29H29N7O3. The van der Waals surface area contributed by atoms with Gasteiger partial charge in [0.15, 0.2) is 17.3 Å². The summed E-state index contributed by atoms with van der Waals surface area (Å²) >= 11 is 0. The van der Waals surface area contributed by atoms with Crippen LogP contribution in [0.4, 0.5) is 0 Å². The second-order valence-electron chi connectivity index (χ2n) is 10.1. The van der Waals surface area contributed by atoms with Crippen molar-refractivity contribution in [3.63, 3.8) is 0 Å². The largest absolute Gasteiger partial charge is 0.486 e. The summed E-state index contributed by atoms with van der Waals surface area (Å²) in [4.78, 5) is 18.3. The fourth-order valence-corrected chi connectivity index (χ4v) is 5.86. The Morgan fingerprint density at radius 3 is 2.54 bits per heavy atom. The summed E-state index contributed by atoms with van der Waals surface area (Å²) in [7, 11) is 0. The third-order valence-corrected chi connectivity index (χ3v) is 7.76. The number of rotatable bonds is 6. The van der Waals surface area contributed by atoms with Crippen LogP contribution in [0.2, 0.25) is 0 Å². The van der Waals surface area contributed by atoms with Crippen LogP contribution in [0, 0.1) is 0 Å². The maximum absolute atomic E-state index is 12.8. The van der Waals surface area contributed by atoms with Gasteiger partial charge in [-0.15, -0.1) is 5.10 Å². The topological polar surface area (TPSA) is 103 Å². The van der Waals surface area contributed by atoms with Gasteiger partial charge in [-0.25, -0.2) is 4.79 Å². The van der Waals surface area contributed by atoms with E-state index in [4.69, 9.17) is 9.47 Å². The van der Waals surface area contributed by atoms with Crippen LogP contribution >= 0.6 is 0 Å². The van der Waals surface area contributed by atoms with Gasteiger partial charge in [0, 0.05) is 25.2 Å². The van der Waals surface area contributed by atoms with E-state index in [0.717, 1.165) is 60.6 Å². The van der Waals surface area contributed by atoms with E-state index in [9.17, 15) is 4.79 Å². The second kappa shape index (κ2) is 10.0. The molecule has 198 valence electrons. The number of fused-ring (bicyclic) bond motifs is 2. The molecule has 0 amide bonds. The number of likely N-dealkylation sites (tertiary alicyclic amines) is 1. The lowest BCUT2D eigenvalue weighted by molar-refractivity contribution is 0.127. The highest BCUT2D eigenvalue weighted by Crippen LogP contribution is 2.35. The lowest BCUT2D eigenvalue weighted by atomic mass is 9.98. The van der Waals surface area contributed by atoms with Crippen molar-refractivity contribution >= 4 is 11.0 Å². The van der Waals surface area contributed by atoms with E-state index in [0.29, 0.717) is 19.0 Å². The molecule has 2 aliphatic rings. The van der Waals surface area contributed by atoms with Gasteiger partial charge < -0.3 is 14.5 Å². The van der Waals surface area contributed by atoms with Crippen LogP contribution in [0.3, 0.4) is 0 Å². The van der Waals surface area contributed by atoms with Crippen LogP contribution in [0.25, 0.3) is 16.7 Å². The van der Waals surface area contributed by atoms with Crippen molar-refractivity contribution in [3.8, 4) is 17.2 Å². The molecule has 10 nitrogen and oxygen atoms in total. The summed E-state index contributed by atoms with van der Waals surface area (Å²) in [5, 5.41) is 13.0. The highest BCUT2D eigenvalue weighted by molar-refractivity contribution is 5.75. The maximum Gasteiger partial charge on any atom is 0.326 e. The zero-order valence-corrected chi connectivity index (χ0v) is 21.4. The SMILES string of the molecule is O=c1[nH]c2ccccc2n1C1CCN(C(Cc2ccccc2)c2nnnn2-c2ccc3c(c2)OCCO3)CC1. The lowest BCUT2D eigenvalue weighted by Gasteiger charge is -2.37. The van der Waals surface area contributed by atoms with E-state index in [-0.39, 0.29) is 17.8 Å². The lowest BCUT2D eigenvalue weighted by Crippen LogP contribution is -2.40. The Morgan fingerprint density at radius 2 is 1.69 bits per heavy atom. The molecule has 0 aliphatic carbocycles. The van der Waals surface area contributed by atoms with Gasteiger partial charge in [0.1, 0.15) is 13.2 Å². The molecule has 0 spiro atoms. The van der Waals surface area contributed by atoms with Crippen molar-refractivity contribution in [1.29, 1.82) is 0 Å². The normalized spacial score (nSPS) is 16.9. The molecule has 39 heavy (non-hydrogen) atoms. The maximum atomic E-state index is 12.8. The number of hydrogen-bond acceptors (Lipinski definition) is 7. The molecule has 4 heterocycles. The third-order valence-electron chi connectivity index (χ3n) is 7.76. The van der Waals surface area contributed by atoms with Gasteiger partial charge in [-0.1, -0.05) is 42.5 Å². The number of ether oxygens (including phenoxy) is 2. The minimum atomic E-state index is -0.0451. The first-order valence-corrected chi connectivity index (χ1v) is 13.4. The summed E-state index contributed by atoms with van der Waals surface area (Å²) in [6.45, 7) is 2.70. The minimum absolute atomic E-state index is 0.0435. The van der Waals surface area contributed by atoms with Gasteiger partial charge in [-0.2, -0.15) is 4.68 Å². The van der Waals surface area contributed by atoms with Crippen molar-refractivity contribution in [2.75, 3.05) is 26.3 Å². The van der Waals surface area contributed by atoms with E-state index >= 15 is 0 Å². The number of aromatic nitrogens is 6. The van der Waals surface area contributed by atoms with Gasteiger partial charge in [-0.3, -0.25) is 9.47 Å². The van der Waals surface area contributed by atoms with Crippen molar-refractivity contribution in [2.24, 2.45) is 0 Å². The molecule has 1 atom stereocenters. The Labute approximate surface area is 224 Å². The molecule has 2 aromatic heterocycles. The molecule has 1 unspecified atom stereocenters. The molecular weight excluding hydrogens is 494 g/mol. The van der Waals surface area contributed by atoms with Gasteiger partial charge in [0.25, 0.3) is 0 Å². The summed E-state index contributed by atoms with van der Waals surface area (Å²) in [5.41, 5.74) is 3.85. The van der Waals surface area contributed by atoms with E-state index < -0.39 is 0 Å². The Kier molecular flexibility index (Phi) is 6.08. The predicted octanol–water partition coefficient (Wildman–Crippen LogP) is 3.70. The first-order valence-electron chi connectivity index (χ1n) is 13.4. The molecule has 7 rings (SSSR count). The average molecular weight is 524 g/mol. The van der Waals surface area contributed by atoms with E-state index in [1.807, 2.05) is 57.8 Å². The molecule has 3 aromatic carbocycles. The fourth-order valence-electron chi connectivity index (χ4n) is 5.86. The number of hydrogen-bond donors (Lipinski definition) is 1. The molecule has 0 bridgehead atoms. The summed E-state index contributed by atoms with van der Waals surface area (Å²) in [6.07, 6.45) is 2.49. The molecule has 1 fully saturated rings. The molecule has 5 aromatic rings. The van der Waals surface area contributed by atoms with Gasteiger partial charge >= 0.3 is 5.69 Å². The van der Waals surface area contributed by atoms with Crippen LogP contribution in [0.15, 0.2) is 77.6 Å². The van der Waals surface area contributed by atoms with Crippen molar-refractivity contribution < 1.29 is 9.47 Å². The minimum Gasteiger partial charge on any atom is -0.486 e. The van der Waals surface area contributed by atoms with Crippen LogP contribution in [0.1, 0.15) is 36.3 Å². The van der Waals surface area contributed by atoms with E-state index in [1.54, 1.807) is 0 Å². The number of benzene rings is 3. The third kappa shape index (κ3) is 4.46. The first-order chi connectivity index (χ1) is 19.2. The number of piperidine rings is 1. The number of imidazole rings is 1. The van der Waals surface area contributed by atoms with Gasteiger partial charge in [-0.05, 0) is 59.5 Å². The highest BCUT2D eigenvalue weighted by Gasteiger charge is 2.32. The fraction of sp³-hybridized carbons (Fsp3) is 0.310. The molecule has 1 saturated heterocycles. The van der Waals surface area contributed by atoms with Crippen molar-refractivity contribution in [1.82, 2.24) is 34.7 Å². The average Bonchev–Trinajstić information content (AvgIpc) is 3.60. The Hall–Kier alpha value is -4.44. The quantitative estimate of drug-likeness (QED) is 0.362. The Morgan fingerprint density at radius 1 is 0.923 bits per heavy atom. The summed E-state index contributed by atoms with van der Waals surface area (Å²) in [6, 6.07) is 24.2. The van der Waals surface area contributed by atoms with Crippen LogP contribution in [-0.4, -0.2) is 61.0 Å². The number of nitrogens with one attached hydrogen (secondary N) is 1. The second-order valence-corrected chi connectivity index (χ2v) is 10.1. The standard InChI is InChI=1S/C29H29N7O3/c37-29-30-23-8-4-5-9-24(23)35(29)21-12-14-34(15-13-21)25(18-20-6-2-1-3-7-20)28-31-32-33-36(28)22-10-11-26-27(19-22)39-17-16-38-26/h1-11,19,21,25H,12-18H2,(H,30,37). The van der Waals surface area contributed by atoms with Crippen molar-refractivity contribution in [3.05, 3.63) is 94.7 Å². The highest BCUT2D eigenvalue weighted by atomic mass is 16.6. The number of para-hydroxylation sites is 2.